The molecule has 0 fully saturated rings. The fourth-order valence-corrected chi connectivity index (χ4v) is 2.14. The third-order valence-electron chi connectivity index (χ3n) is 3.53. The Morgan fingerprint density at radius 1 is 1.15 bits per heavy atom. The summed E-state index contributed by atoms with van der Waals surface area (Å²) in [6.45, 7) is 2.74. The van der Waals surface area contributed by atoms with Gasteiger partial charge in [0.15, 0.2) is 0 Å². The molecule has 6 heteroatoms. The summed E-state index contributed by atoms with van der Waals surface area (Å²) in [5.74, 6) is 0.247. The maximum absolute atomic E-state index is 12.7. The minimum atomic E-state index is -4.45. The van der Waals surface area contributed by atoms with Gasteiger partial charge < -0.3 is 10.1 Å². The van der Waals surface area contributed by atoms with Crippen LogP contribution < -0.4 is 10.1 Å². The third kappa shape index (κ3) is 6.27. The molecule has 0 aromatic heterocycles. The van der Waals surface area contributed by atoms with E-state index in [1.165, 1.54) is 18.2 Å². The minimum absolute atomic E-state index is 0.0918. The molecule has 138 valence electrons. The molecule has 0 radical (unpaired) electrons. The molecule has 0 aliphatic heterocycles. The standard InChI is InChI=1S/C20H20F3NO2/c1-2-3-13-26-18-10-7-15(8-11-18)9-12-19(25)24-17-6-4-5-16(14-17)20(21,22)23/h4-12,14H,2-3,13H2,1H3,(H,24,25). The van der Waals surface area contributed by atoms with Crippen molar-refractivity contribution in [3.05, 3.63) is 65.7 Å². The highest BCUT2D eigenvalue weighted by Crippen LogP contribution is 2.30. The second-order valence-corrected chi connectivity index (χ2v) is 5.67. The molecule has 3 nitrogen and oxygen atoms in total. The first-order valence-corrected chi connectivity index (χ1v) is 8.27. The van der Waals surface area contributed by atoms with Crippen molar-refractivity contribution in [1.29, 1.82) is 0 Å². The van der Waals surface area contributed by atoms with Gasteiger partial charge in [-0.2, -0.15) is 13.2 Å². The Bertz CT molecular complexity index is 752. The van der Waals surface area contributed by atoms with Crippen LogP contribution in [0, 0.1) is 0 Å². The molecule has 2 aromatic carbocycles. The number of hydrogen-bond acceptors (Lipinski definition) is 2. The Labute approximate surface area is 150 Å². The molecule has 0 aliphatic carbocycles. The number of rotatable bonds is 7. The first-order valence-electron chi connectivity index (χ1n) is 8.27. The molecular weight excluding hydrogens is 343 g/mol. The van der Waals surface area contributed by atoms with Crippen molar-refractivity contribution in [3.8, 4) is 5.75 Å². The summed E-state index contributed by atoms with van der Waals surface area (Å²) < 4.78 is 43.6. The average Bonchev–Trinajstić information content (AvgIpc) is 2.61. The average molecular weight is 363 g/mol. The number of anilines is 1. The second kappa shape index (κ2) is 9.08. The molecule has 0 saturated heterocycles. The van der Waals surface area contributed by atoms with Crippen molar-refractivity contribution in [2.45, 2.75) is 25.9 Å². The van der Waals surface area contributed by atoms with E-state index in [-0.39, 0.29) is 5.69 Å². The first kappa shape index (κ1) is 19.6. The van der Waals surface area contributed by atoms with Crippen molar-refractivity contribution in [3.63, 3.8) is 0 Å². The van der Waals surface area contributed by atoms with Gasteiger partial charge in [-0.1, -0.05) is 31.5 Å². The molecule has 1 N–H and O–H groups in total. The van der Waals surface area contributed by atoms with E-state index in [0.29, 0.717) is 6.61 Å². The topological polar surface area (TPSA) is 38.3 Å². The van der Waals surface area contributed by atoms with Crippen LogP contribution in [0.5, 0.6) is 5.75 Å². The van der Waals surface area contributed by atoms with E-state index in [0.717, 1.165) is 36.3 Å². The Morgan fingerprint density at radius 3 is 2.54 bits per heavy atom. The van der Waals surface area contributed by atoms with Crippen molar-refractivity contribution < 1.29 is 22.7 Å². The van der Waals surface area contributed by atoms with Crippen LogP contribution in [0.25, 0.3) is 6.08 Å². The number of carbonyl (C=O) groups excluding carboxylic acids is 1. The number of nitrogens with one attached hydrogen (secondary N) is 1. The molecule has 0 spiro atoms. The lowest BCUT2D eigenvalue weighted by Crippen LogP contribution is -2.10. The van der Waals surface area contributed by atoms with Crippen molar-refractivity contribution in [2.75, 3.05) is 11.9 Å². The Kier molecular flexibility index (Phi) is 6.83. The fourth-order valence-electron chi connectivity index (χ4n) is 2.14. The minimum Gasteiger partial charge on any atom is -0.494 e. The molecule has 0 aliphatic rings. The van der Waals surface area contributed by atoms with Gasteiger partial charge in [0.25, 0.3) is 0 Å². The lowest BCUT2D eigenvalue weighted by Gasteiger charge is -2.08. The summed E-state index contributed by atoms with van der Waals surface area (Å²) in [4.78, 5) is 11.9. The van der Waals surface area contributed by atoms with Crippen LogP contribution in [-0.4, -0.2) is 12.5 Å². The number of carbonyl (C=O) groups is 1. The molecule has 0 bridgehead atoms. The van der Waals surface area contributed by atoms with Gasteiger partial charge in [0.2, 0.25) is 5.91 Å². The Hall–Kier alpha value is -2.76. The highest BCUT2D eigenvalue weighted by Gasteiger charge is 2.30. The Morgan fingerprint density at radius 2 is 1.88 bits per heavy atom. The number of benzene rings is 2. The lowest BCUT2D eigenvalue weighted by molar-refractivity contribution is -0.137. The van der Waals surface area contributed by atoms with Gasteiger partial charge in [0, 0.05) is 11.8 Å². The molecule has 0 saturated carbocycles. The smallest absolute Gasteiger partial charge is 0.416 e. The van der Waals surface area contributed by atoms with E-state index in [2.05, 4.69) is 12.2 Å². The molecule has 0 atom stereocenters. The Balaban J connectivity index is 1.93. The maximum atomic E-state index is 12.7. The third-order valence-corrected chi connectivity index (χ3v) is 3.53. The quantitative estimate of drug-likeness (QED) is 0.518. The highest BCUT2D eigenvalue weighted by atomic mass is 19.4. The van der Waals surface area contributed by atoms with Crippen LogP contribution in [0.1, 0.15) is 30.9 Å². The van der Waals surface area contributed by atoms with Crippen LogP contribution >= 0.6 is 0 Å². The van der Waals surface area contributed by atoms with Gasteiger partial charge in [-0.25, -0.2) is 0 Å². The molecular formula is C20H20F3NO2. The van der Waals surface area contributed by atoms with Crippen LogP contribution in [0.4, 0.5) is 18.9 Å². The van der Waals surface area contributed by atoms with E-state index in [4.69, 9.17) is 4.74 Å². The van der Waals surface area contributed by atoms with Crippen LogP contribution in [0.3, 0.4) is 0 Å². The lowest BCUT2D eigenvalue weighted by atomic mass is 10.2. The summed E-state index contributed by atoms with van der Waals surface area (Å²) in [6.07, 6.45) is 0.447. The number of halogens is 3. The second-order valence-electron chi connectivity index (χ2n) is 5.67. The van der Waals surface area contributed by atoms with Gasteiger partial charge in [-0.05, 0) is 48.4 Å². The summed E-state index contributed by atoms with van der Waals surface area (Å²) >= 11 is 0. The van der Waals surface area contributed by atoms with Crippen LogP contribution in [0.2, 0.25) is 0 Å². The van der Waals surface area contributed by atoms with E-state index in [1.807, 2.05) is 0 Å². The number of alkyl halides is 3. The zero-order valence-corrected chi connectivity index (χ0v) is 14.3. The molecule has 2 aromatic rings. The summed E-state index contributed by atoms with van der Waals surface area (Å²) in [5.41, 5.74) is 0.0686. The number of ether oxygens (including phenoxy) is 1. The molecule has 0 heterocycles. The summed E-state index contributed by atoms with van der Waals surface area (Å²) in [6, 6.07) is 11.7. The van der Waals surface area contributed by atoms with Crippen molar-refractivity contribution in [1.82, 2.24) is 0 Å². The van der Waals surface area contributed by atoms with E-state index >= 15 is 0 Å². The predicted molar refractivity (Wildman–Crippen MR) is 96.0 cm³/mol. The van der Waals surface area contributed by atoms with E-state index < -0.39 is 17.6 Å². The first-order chi connectivity index (χ1) is 12.4. The largest absolute Gasteiger partial charge is 0.494 e. The highest BCUT2D eigenvalue weighted by molar-refractivity contribution is 6.01. The van der Waals surface area contributed by atoms with Gasteiger partial charge >= 0.3 is 6.18 Å². The fraction of sp³-hybridized carbons (Fsp3) is 0.250. The normalized spacial score (nSPS) is 11.5. The van der Waals surface area contributed by atoms with Crippen LogP contribution in [-0.2, 0) is 11.0 Å². The SMILES string of the molecule is CCCCOc1ccc(C=CC(=O)Nc2cccc(C(F)(F)F)c2)cc1. The number of hydrogen-bond donors (Lipinski definition) is 1. The van der Waals surface area contributed by atoms with Gasteiger partial charge in [0.05, 0.1) is 12.2 Å². The summed E-state index contributed by atoms with van der Waals surface area (Å²) in [5, 5.41) is 2.42. The zero-order chi connectivity index (χ0) is 19.0. The monoisotopic (exact) mass is 363 g/mol. The number of unbranched alkanes of at least 4 members (excludes halogenated alkanes) is 1. The van der Waals surface area contributed by atoms with Crippen molar-refractivity contribution in [2.24, 2.45) is 0 Å². The van der Waals surface area contributed by atoms with Crippen LogP contribution in [0.15, 0.2) is 54.6 Å². The molecule has 0 unspecified atom stereocenters. The predicted octanol–water partition coefficient (Wildman–Crippen LogP) is 5.54. The molecule has 1 amide bonds. The number of amides is 1. The van der Waals surface area contributed by atoms with E-state index in [1.54, 1.807) is 30.3 Å². The van der Waals surface area contributed by atoms with Gasteiger partial charge in [-0.3, -0.25) is 4.79 Å². The van der Waals surface area contributed by atoms with Gasteiger partial charge in [0.1, 0.15) is 5.75 Å². The molecule has 2 rings (SSSR count). The van der Waals surface area contributed by atoms with Crippen molar-refractivity contribution >= 4 is 17.7 Å². The van der Waals surface area contributed by atoms with Gasteiger partial charge in [-0.15, -0.1) is 0 Å². The maximum Gasteiger partial charge on any atom is 0.416 e. The molecule has 26 heavy (non-hydrogen) atoms. The zero-order valence-electron chi connectivity index (χ0n) is 14.3. The van der Waals surface area contributed by atoms with E-state index in [9.17, 15) is 18.0 Å². The summed E-state index contributed by atoms with van der Waals surface area (Å²) in [7, 11) is 0.